The van der Waals surface area contributed by atoms with E-state index in [2.05, 4.69) is 21.0 Å². The van der Waals surface area contributed by atoms with Gasteiger partial charge in [-0.05, 0) is 31.2 Å². The molecule has 0 saturated heterocycles. The van der Waals surface area contributed by atoms with E-state index in [0.717, 1.165) is 11.6 Å². The highest BCUT2D eigenvalue weighted by Gasteiger charge is 2.33. The Morgan fingerprint density at radius 3 is 2.63 bits per heavy atom. The second kappa shape index (κ2) is 6.59. The molecule has 0 saturated carbocycles. The van der Waals surface area contributed by atoms with Crippen molar-refractivity contribution in [2.24, 2.45) is 0 Å². The molecule has 0 atom stereocenters. The van der Waals surface area contributed by atoms with Crippen LogP contribution in [0.25, 0.3) is 10.9 Å². The Kier molecular flexibility index (Phi) is 4.44. The molecule has 8 nitrogen and oxygen atoms in total. The Bertz CT molecular complexity index is 1050. The van der Waals surface area contributed by atoms with Gasteiger partial charge in [-0.2, -0.15) is 18.3 Å². The number of carbonyl (C=O) groups excluding carboxylic acids is 1. The molecular formula is C16H12F3N5O3. The Morgan fingerprint density at radius 1 is 1.22 bits per heavy atom. The van der Waals surface area contributed by atoms with Crippen LogP contribution in [0.1, 0.15) is 21.6 Å². The van der Waals surface area contributed by atoms with Gasteiger partial charge in [0.2, 0.25) is 0 Å². The monoisotopic (exact) mass is 379 g/mol. The van der Waals surface area contributed by atoms with Gasteiger partial charge in [0.05, 0.1) is 16.0 Å². The number of nitro benzene ring substituents is 1. The summed E-state index contributed by atoms with van der Waals surface area (Å²) in [7, 11) is 0. The number of aromatic nitrogens is 2. The number of nitrogens with one attached hydrogen (secondary N) is 3. The first-order valence-corrected chi connectivity index (χ1v) is 7.53. The lowest BCUT2D eigenvalue weighted by Crippen LogP contribution is -2.30. The molecule has 0 bridgehead atoms. The minimum absolute atomic E-state index is 0.0377. The van der Waals surface area contributed by atoms with E-state index in [1.165, 1.54) is 0 Å². The number of rotatable bonds is 4. The van der Waals surface area contributed by atoms with Crippen LogP contribution < -0.4 is 10.9 Å². The number of benzene rings is 2. The first kappa shape index (κ1) is 18.2. The van der Waals surface area contributed by atoms with Crippen molar-refractivity contribution in [3.8, 4) is 0 Å². The van der Waals surface area contributed by atoms with Crippen molar-refractivity contribution < 1.29 is 22.9 Å². The van der Waals surface area contributed by atoms with Gasteiger partial charge in [-0.3, -0.25) is 30.9 Å². The molecule has 0 aliphatic carbocycles. The fourth-order valence-corrected chi connectivity index (χ4v) is 2.45. The van der Waals surface area contributed by atoms with Gasteiger partial charge in [0.15, 0.2) is 5.69 Å². The summed E-state index contributed by atoms with van der Waals surface area (Å²) < 4.78 is 38.2. The Hall–Kier alpha value is -3.63. The third-order valence-electron chi connectivity index (χ3n) is 3.77. The van der Waals surface area contributed by atoms with Crippen molar-refractivity contribution >= 4 is 28.2 Å². The van der Waals surface area contributed by atoms with Crippen molar-refractivity contribution in [3.05, 3.63) is 63.3 Å². The second-order valence-electron chi connectivity index (χ2n) is 5.69. The largest absolute Gasteiger partial charge is 0.416 e. The van der Waals surface area contributed by atoms with E-state index < -0.39 is 28.3 Å². The third kappa shape index (κ3) is 3.66. The number of hydrazine groups is 1. The standard InChI is InChI=1S/C16H12F3N5O3/c1-8-2-4-11-10(6-8)14(22-20-11)15(25)23-21-12-5-3-9(16(17,18)19)7-13(12)24(26)27/h2-7,21H,1H3,(H,20,22)(H,23,25). The van der Waals surface area contributed by atoms with Crippen LogP contribution in [0.2, 0.25) is 0 Å². The van der Waals surface area contributed by atoms with Crippen molar-refractivity contribution in [3.63, 3.8) is 0 Å². The summed E-state index contributed by atoms with van der Waals surface area (Å²) in [5, 5.41) is 18.2. The number of hydrogen-bond donors (Lipinski definition) is 3. The van der Waals surface area contributed by atoms with E-state index in [4.69, 9.17) is 0 Å². The highest BCUT2D eigenvalue weighted by Crippen LogP contribution is 2.34. The first-order chi connectivity index (χ1) is 12.7. The Labute approximate surface area is 149 Å². The summed E-state index contributed by atoms with van der Waals surface area (Å²) in [6.07, 6.45) is -4.72. The van der Waals surface area contributed by atoms with Gasteiger partial charge in [-0.1, -0.05) is 11.6 Å². The number of aromatic amines is 1. The fourth-order valence-electron chi connectivity index (χ4n) is 2.45. The lowest BCUT2D eigenvalue weighted by molar-refractivity contribution is -0.384. The SMILES string of the molecule is Cc1ccc2[nH]nc(C(=O)NNc3ccc(C(F)(F)F)cc3[N+](=O)[O-])c2c1. The number of carbonyl (C=O) groups is 1. The predicted octanol–water partition coefficient (Wildman–Crippen LogP) is 3.56. The predicted molar refractivity (Wildman–Crippen MR) is 90.0 cm³/mol. The molecule has 0 aliphatic heterocycles. The van der Waals surface area contributed by atoms with Crippen LogP contribution in [-0.4, -0.2) is 21.0 Å². The first-order valence-electron chi connectivity index (χ1n) is 7.53. The van der Waals surface area contributed by atoms with Crippen LogP contribution in [-0.2, 0) is 6.18 Å². The van der Waals surface area contributed by atoms with E-state index in [9.17, 15) is 28.1 Å². The molecule has 0 fully saturated rings. The molecule has 2 aromatic carbocycles. The normalized spacial score (nSPS) is 11.4. The van der Waals surface area contributed by atoms with Crippen molar-refractivity contribution in [2.45, 2.75) is 13.1 Å². The van der Waals surface area contributed by atoms with Crippen LogP contribution >= 0.6 is 0 Å². The van der Waals surface area contributed by atoms with Gasteiger partial charge in [-0.15, -0.1) is 0 Å². The zero-order valence-electron chi connectivity index (χ0n) is 13.7. The lowest BCUT2D eigenvalue weighted by Gasteiger charge is -2.11. The van der Waals surface area contributed by atoms with Crippen molar-refractivity contribution in [1.82, 2.24) is 15.6 Å². The average molecular weight is 379 g/mol. The zero-order valence-corrected chi connectivity index (χ0v) is 13.7. The molecule has 0 unspecified atom stereocenters. The lowest BCUT2D eigenvalue weighted by atomic mass is 10.1. The summed E-state index contributed by atoms with van der Waals surface area (Å²) >= 11 is 0. The number of fused-ring (bicyclic) bond motifs is 1. The topological polar surface area (TPSA) is 113 Å². The van der Waals surface area contributed by atoms with Crippen LogP contribution in [0, 0.1) is 17.0 Å². The van der Waals surface area contributed by atoms with Gasteiger partial charge in [0.1, 0.15) is 5.69 Å². The Morgan fingerprint density at radius 2 is 1.96 bits per heavy atom. The fraction of sp³-hybridized carbons (Fsp3) is 0.125. The number of H-pyrrole nitrogens is 1. The van der Waals surface area contributed by atoms with Gasteiger partial charge in [-0.25, -0.2) is 0 Å². The van der Waals surface area contributed by atoms with E-state index in [1.807, 2.05) is 13.0 Å². The number of nitro groups is 1. The third-order valence-corrected chi connectivity index (χ3v) is 3.77. The molecule has 3 rings (SSSR count). The maximum atomic E-state index is 12.7. The average Bonchev–Trinajstić information content (AvgIpc) is 3.01. The zero-order chi connectivity index (χ0) is 19.8. The number of hydrogen-bond acceptors (Lipinski definition) is 5. The van der Waals surface area contributed by atoms with E-state index in [1.54, 1.807) is 12.1 Å². The number of aryl methyl sites for hydroxylation is 1. The van der Waals surface area contributed by atoms with Crippen LogP contribution in [0.15, 0.2) is 36.4 Å². The van der Waals surface area contributed by atoms with Gasteiger partial charge in [0, 0.05) is 11.5 Å². The minimum atomic E-state index is -4.72. The number of anilines is 1. The molecule has 3 aromatic rings. The van der Waals surface area contributed by atoms with E-state index in [-0.39, 0.29) is 11.4 Å². The smallest absolute Gasteiger partial charge is 0.292 e. The molecule has 11 heteroatoms. The molecule has 27 heavy (non-hydrogen) atoms. The maximum absolute atomic E-state index is 12.7. The molecule has 1 amide bonds. The summed E-state index contributed by atoms with van der Waals surface area (Å²) in [5.41, 5.74) is 3.75. The molecule has 3 N–H and O–H groups in total. The molecule has 1 aromatic heterocycles. The van der Waals surface area contributed by atoms with Crippen molar-refractivity contribution in [1.29, 1.82) is 0 Å². The minimum Gasteiger partial charge on any atom is -0.292 e. The molecule has 0 radical (unpaired) electrons. The van der Waals surface area contributed by atoms with Crippen LogP contribution in [0.3, 0.4) is 0 Å². The Balaban J connectivity index is 1.84. The quantitative estimate of drug-likeness (QED) is 0.474. The molecule has 0 spiro atoms. The molecule has 1 heterocycles. The summed E-state index contributed by atoms with van der Waals surface area (Å²) in [6.45, 7) is 1.83. The number of amides is 1. The highest BCUT2D eigenvalue weighted by molar-refractivity contribution is 6.05. The summed E-state index contributed by atoms with van der Waals surface area (Å²) in [4.78, 5) is 22.4. The molecule has 140 valence electrons. The maximum Gasteiger partial charge on any atom is 0.416 e. The van der Waals surface area contributed by atoms with Crippen LogP contribution in [0.4, 0.5) is 24.5 Å². The van der Waals surface area contributed by atoms with Gasteiger partial charge < -0.3 is 0 Å². The summed E-state index contributed by atoms with van der Waals surface area (Å²) in [5.74, 6) is -0.707. The summed E-state index contributed by atoms with van der Waals surface area (Å²) in [6, 6.07) is 7.23. The molecule has 0 aliphatic rings. The number of alkyl halides is 3. The number of nitrogens with zero attached hydrogens (tertiary/aromatic N) is 2. The van der Waals surface area contributed by atoms with E-state index >= 15 is 0 Å². The van der Waals surface area contributed by atoms with Crippen LogP contribution in [0.5, 0.6) is 0 Å². The number of halogens is 3. The van der Waals surface area contributed by atoms with Crippen molar-refractivity contribution in [2.75, 3.05) is 5.43 Å². The van der Waals surface area contributed by atoms with E-state index in [0.29, 0.717) is 23.0 Å². The highest BCUT2D eigenvalue weighted by atomic mass is 19.4. The van der Waals surface area contributed by atoms with Gasteiger partial charge in [0.25, 0.3) is 11.6 Å². The molecular weight excluding hydrogens is 367 g/mol. The second-order valence-corrected chi connectivity index (χ2v) is 5.69. The van der Waals surface area contributed by atoms with Gasteiger partial charge >= 0.3 is 6.18 Å².